The average molecular weight is 265 g/mol. The minimum Gasteiger partial charge on any atom is -0.300 e. The highest BCUT2D eigenvalue weighted by Crippen LogP contribution is 2.21. The zero-order chi connectivity index (χ0) is 13.1. The fourth-order valence-electron chi connectivity index (χ4n) is 1.24. The van der Waals surface area contributed by atoms with Crippen LogP contribution in [-0.2, 0) is 4.79 Å². The van der Waals surface area contributed by atoms with E-state index in [9.17, 15) is 9.18 Å². The second-order valence-corrected chi connectivity index (χ2v) is 4.83. The maximum atomic E-state index is 12.8. The second kappa shape index (κ2) is 5.22. The highest BCUT2D eigenvalue weighted by atomic mass is 32.1. The van der Waals surface area contributed by atoms with Crippen molar-refractivity contribution in [2.24, 2.45) is 5.92 Å². The van der Waals surface area contributed by atoms with Crippen molar-refractivity contribution in [2.45, 2.75) is 13.8 Å². The van der Waals surface area contributed by atoms with Crippen LogP contribution in [0.3, 0.4) is 0 Å². The number of carbonyl (C=O) groups is 1. The topological polar surface area (TPSA) is 54.9 Å². The number of aromatic nitrogens is 2. The van der Waals surface area contributed by atoms with Crippen molar-refractivity contribution in [3.05, 3.63) is 30.1 Å². The lowest BCUT2D eigenvalue weighted by atomic mass is 10.2. The van der Waals surface area contributed by atoms with Crippen LogP contribution in [0.15, 0.2) is 24.3 Å². The number of halogens is 1. The molecule has 1 aromatic carbocycles. The number of carbonyl (C=O) groups excluding carboxylic acids is 1. The van der Waals surface area contributed by atoms with Crippen molar-refractivity contribution in [2.75, 3.05) is 5.32 Å². The summed E-state index contributed by atoms with van der Waals surface area (Å²) in [5.74, 6) is -0.0265. The Labute approximate surface area is 108 Å². The Morgan fingerprint density at radius 1 is 1.33 bits per heavy atom. The number of hydrogen-bond acceptors (Lipinski definition) is 4. The summed E-state index contributed by atoms with van der Waals surface area (Å²) in [4.78, 5) is 15.7. The van der Waals surface area contributed by atoms with Gasteiger partial charge in [-0.15, -0.1) is 0 Å². The summed E-state index contributed by atoms with van der Waals surface area (Å²) in [5, 5.41) is 3.13. The second-order valence-electron chi connectivity index (χ2n) is 4.07. The molecule has 0 spiro atoms. The average Bonchev–Trinajstić information content (AvgIpc) is 2.78. The Kier molecular flexibility index (Phi) is 3.66. The molecule has 0 unspecified atom stereocenters. The van der Waals surface area contributed by atoms with Crippen LogP contribution in [0.1, 0.15) is 13.8 Å². The van der Waals surface area contributed by atoms with Crippen molar-refractivity contribution in [1.82, 2.24) is 9.36 Å². The standard InChI is InChI=1S/C12H12FN3OS/c1-7(2)11(17)15-12-14-10(16-18-12)8-3-5-9(13)6-4-8/h3-7H,1-2H3,(H,14,15,16,17). The van der Waals surface area contributed by atoms with Crippen LogP contribution >= 0.6 is 11.5 Å². The smallest absolute Gasteiger partial charge is 0.228 e. The van der Waals surface area contributed by atoms with Crippen LogP contribution in [-0.4, -0.2) is 15.3 Å². The number of nitrogens with zero attached hydrogens (tertiary/aromatic N) is 2. The number of rotatable bonds is 3. The molecule has 0 saturated carbocycles. The highest BCUT2D eigenvalue weighted by molar-refractivity contribution is 7.10. The van der Waals surface area contributed by atoms with Gasteiger partial charge in [-0.1, -0.05) is 13.8 Å². The maximum Gasteiger partial charge on any atom is 0.228 e. The first-order chi connectivity index (χ1) is 8.56. The van der Waals surface area contributed by atoms with E-state index >= 15 is 0 Å². The lowest BCUT2D eigenvalue weighted by molar-refractivity contribution is -0.118. The Morgan fingerprint density at radius 3 is 2.61 bits per heavy atom. The summed E-state index contributed by atoms with van der Waals surface area (Å²) in [6, 6.07) is 5.91. The SMILES string of the molecule is CC(C)C(=O)Nc1nc(-c2ccc(F)cc2)ns1. The van der Waals surface area contributed by atoms with Gasteiger partial charge in [0.1, 0.15) is 5.82 Å². The van der Waals surface area contributed by atoms with Gasteiger partial charge in [-0.2, -0.15) is 9.36 Å². The van der Waals surface area contributed by atoms with Crippen LogP contribution in [0.2, 0.25) is 0 Å². The zero-order valence-electron chi connectivity index (χ0n) is 9.98. The van der Waals surface area contributed by atoms with Gasteiger partial charge in [0.25, 0.3) is 0 Å². The van der Waals surface area contributed by atoms with E-state index in [-0.39, 0.29) is 17.6 Å². The quantitative estimate of drug-likeness (QED) is 0.928. The monoisotopic (exact) mass is 265 g/mol. The fraction of sp³-hybridized carbons (Fsp3) is 0.250. The van der Waals surface area contributed by atoms with Crippen molar-refractivity contribution >= 4 is 22.6 Å². The Balaban J connectivity index is 2.15. The molecule has 0 radical (unpaired) electrons. The molecule has 1 N–H and O–H groups in total. The van der Waals surface area contributed by atoms with E-state index in [1.807, 2.05) is 0 Å². The summed E-state index contributed by atoms with van der Waals surface area (Å²) < 4.78 is 16.9. The first-order valence-electron chi connectivity index (χ1n) is 5.47. The summed E-state index contributed by atoms with van der Waals surface area (Å²) in [6.07, 6.45) is 0. The van der Waals surface area contributed by atoms with Crippen molar-refractivity contribution in [3.63, 3.8) is 0 Å². The van der Waals surface area contributed by atoms with Gasteiger partial charge < -0.3 is 5.32 Å². The predicted octanol–water partition coefficient (Wildman–Crippen LogP) is 2.94. The van der Waals surface area contributed by atoms with E-state index in [0.717, 1.165) is 17.1 Å². The minimum atomic E-state index is -0.303. The largest absolute Gasteiger partial charge is 0.300 e. The molecule has 0 aliphatic carbocycles. The normalized spacial score (nSPS) is 10.7. The van der Waals surface area contributed by atoms with Crippen LogP contribution in [0.4, 0.5) is 9.52 Å². The number of hydrogen-bond donors (Lipinski definition) is 1. The molecule has 18 heavy (non-hydrogen) atoms. The molecule has 1 aromatic heterocycles. The molecule has 0 atom stereocenters. The lowest BCUT2D eigenvalue weighted by Gasteiger charge is -2.02. The molecule has 0 saturated heterocycles. The lowest BCUT2D eigenvalue weighted by Crippen LogP contribution is -2.17. The minimum absolute atomic E-state index is 0.100. The Bertz CT molecular complexity index is 551. The van der Waals surface area contributed by atoms with Gasteiger partial charge in [-0.25, -0.2) is 4.39 Å². The van der Waals surface area contributed by atoms with Gasteiger partial charge >= 0.3 is 0 Å². The van der Waals surface area contributed by atoms with E-state index < -0.39 is 0 Å². The van der Waals surface area contributed by atoms with Gasteiger partial charge in [0.2, 0.25) is 11.0 Å². The van der Waals surface area contributed by atoms with E-state index in [2.05, 4.69) is 14.7 Å². The summed E-state index contributed by atoms with van der Waals surface area (Å²) in [5.41, 5.74) is 0.720. The summed E-state index contributed by atoms with van der Waals surface area (Å²) >= 11 is 1.11. The molecular weight excluding hydrogens is 253 g/mol. The van der Waals surface area contributed by atoms with Gasteiger partial charge in [0, 0.05) is 23.0 Å². The molecular formula is C12H12FN3OS. The van der Waals surface area contributed by atoms with Crippen molar-refractivity contribution in [3.8, 4) is 11.4 Å². The van der Waals surface area contributed by atoms with E-state index in [4.69, 9.17) is 0 Å². The van der Waals surface area contributed by atoms with Crippen molar-refractivity contribution in [1.29, 1.82) is 0 Å². The summed E-state index contributed by atoms with van der Waals surface area (Å²) in [7, 11) is 0. The number of nitrogens with one attached hydrogen (secondary N) is 1. The molecule has 4 nitrogen and oxygen atoms in total. The van der Waals surface area contributed by atoms with Gasteiger partial charge in [0.15, 0.2) is 5.82 Å². The molecule has 2 aromatic rings. The third kappa shape index (κ3) is 2.89. The highest BCUT2D eigenvalue weighted by Gasteiger charge is 2.11. The van der Waals surface area contributed by atoms with Crippen LogP contribution in [0.5, 0.6) is 0 Å². The van der Waals surface area contributed by atoms with E-state index in [0.29, 0.717) is 11.0 Å². The third-order valence-corrected chi connectivity index (χ3v) is 2.91. The number of amides is 1. The summed E-state index contributed by atoms with van der Waals surface area (Å²) in [6.45, 7) is 3.61. The predicted molar refractivity (Wildman–Crippen MR) is 68.8 cm³/mol. The van der Waals surface area contributed by atoms with E-state index in [1.54, 1.807) is 26.0 Å². The van der Waals surface area contributed by atoms with Gasteiger partial charge in [0.05, 0.1) is 0 Å². The van der Waals surface area contributed by atoms with Crippen LogP contribution in [0.25, 0.3) is 11.4 Å². The van der Waals surface area contributed by atoms with Crippen LogP contribution < -0.4 is 5.32 Å². The molecule has 94 valence electrons. The van der Waals surface area contributed by atoms with Crippen molar-refractivity contribution < 1.29 is 9.18 Å². The van der Waals surface area contributed by atoms with Crippen LogP contribution in [0, 0.1) is 11.7 Å². The Hall–Kier alpha value is -1.82. The fourth-order valence-corrected chi connectivity index (χ4v) is 1.83. The molecule has 0 bridgehead atoms. The van der Waals surface area contributed by atoms with Gasteiger partial charge in [-0.05, 0) is 24.3 Å². The molecule has 0 fully saturated rings. The molecule has 2 rings (SSSR count). The molecule has 6 heteroatoms. The first-order valence-corrected chi connectivity index (χ1v) is 6.24. The third-order valence-electron chi connectivity index (χ3n) is 2.28. The molecule has 0 aliphatic rings. The molecule has 1 heterocycles. The number of anilines is 1. The molecule has 1 amide bonds. The van der Waals surface area contributed by atoms with Gasteiger partial charge in [-0.3, -0.25) is 4.79 Å². The molecule has 0 aliphatic heterocycles. The zero-order valence-corrected chi connectivity index (χ0v) is 10.8. The Morgan fingerprint density at radius 2 is 2.00 bits per heavy atom. The number of benzene rings is 1. The maximum absolute atomic E-state index is 12.8. The van der Waals surface area contributed by atoms with E-state index in [1.165, 1.54) is 12.1 Å². The first kappa shape index (κ1) is 12.6.